The van der Waals surface area contributed by atoms with Gasteiger partial charge in [-0.15, -0.1) is 0 Å². The first-order chi connectivity index (χ1) is 14.9. The fraction of sp³-hybridized carbons (Fsp3) is 0.333. The van der Waals surface area contributed by atoms with E-state index in [9.17, 15) is 9.59 Å². The molecule has 7 heteroatoms. The standard InChI is InChI=1S/C24H25ClN4O2/c1-15-16(2)27-22-14-18(5-8-21(22)26-15)24(31)29-11-9-20(10-12-29)28-23(30)13-17-3-6-19(25)7-4-17/h3-8,14,20H,9-13H2,1-2H3,(H,28,30). The zero-order chi connectivity index (χ0) is 22.0. The number of likely N-dealkylation sites (tertiary alicyclic amines) is 1. The van der Waals surface area contributed by atoms with Crippen molar-refractivity contribution < 1.29 is 9.59 Å². The third-order valence-corrected chi connectivity index (χ3v) is 6.00. The Morgan fingerprint density at radius 1 is 1.00 bits per heavy atom. The van der Waals surface area contributed by atoms with Gasteiger partial charge in [0.05, 0.1) is 28.8 Å². The maximum absolute atomic E-state index is 13.0. The van der Waals surface area contributed by atoms with Gasteiger partial charge >= 0.3 is 0 Å². The molecule has 0 saturated carbocycles. The lowest BCUT2D eigenvalue weighted by Gasteiger charge is -2.32. The number of fused-ring (bicyclic) bond motifs is 1. The number of amides is 2. The van der Waals surface area contributed by atoms with Crippen LogP contribution in [-0.2, 0) is 11.2 Å². The number of hydrogen-bond donors (Lipinski definition) is 1. The second-order valence-electron chi connectivity index (χ2n) is 8.04. The Bertz CT molecular complexity index is 1120. The number of aromatic nitrogens is 2. The minimum Gasteiger partial charge on any atom is -0.353 e. The summed E-state index contributed by atoms with van der Waals surface area (Å²) in [6.45, 7) is 5.07. The summed E-state index contributed by atoms with van der Waals surface area (Å²) in [7, 11) is 0. The van der Waals surface area contributed by atoms with E-state index in [1.165, 1.54) is 0 Å². The van der Waals surface area contributed by atoms with Crippen LogP contribution >= 0.6 is 11.6 Å². The smallest absolute Gasteiger partial charge is 0.253 e. The van der Waals surface area contributed by atoms with Crippen molar-refractivity contribution in [2.45, 2.75) is 39.2 Å². The van der Waals surface area contributed by atoms with Crippen LogP contribution in [0.1, 0.15) is 40.2 Å². The maximum Gasteiger partial charge on any atom is 0.253 e. The van der Waals surface area contributed by atoms with E-state index >= 15 is 0 Å². The Balaban J connectivity index is 1.33. The molecule has 1 saturated heterocycles. The molecule has 3 aromatic rings. The van der Waals surface area contributed by atoms with Crippen molar-refractivity contribution in [2.24, 2.45) is 0 Å². The zero-order valence-electron chi connectivity index (χ0n) is 17.7. The van der Waals surface area contributed by atoms with E-state index in [4.69, 9.17) is 11.6 Å². The molecule has 4 rings (SSSR count). The quantitative estimate of drug-likeness (QED) is 0.673. The molecule has 2 heterocycles. The topological polar surface area (TPSA) is 75.2 Å². The number of carbonyl (C=O) groups excluding carboxylic acids is 2. The van der Waals surface area contributed by atoms with E-state index < -0.39 is 0 Å². The number of nitrogens with zero attached hydrogens (tertiary/aromatic N) is 3. The van der Waals surface area contributed by atoms with Crippen molar-refractivity contribution >= 4 is 34.4 Å². The number of hydrogen-bond acceptors (Lipinski definition) is 4. The molecule has 0 atom stereocenters. The van der Waals surface area contributed by atoms with Crippen molar-refractivity contribution in [3.05, 3.63) is 70.0 Å². The summed E-state index contributed by atoms with van der Waals surface area (Å²) < 4.78 is 0. The summed E-state index contributed by atoms with van der Waals surface area (Å²) in [6, 6.07) is 12.9. The normalized spacial score (nSPS) is 14.6. The number of rotatable bonds is 4. The lowest BCUT2D eigenvalue weighted by atomic mass is 10.0. The number of halogens is 1. The van der Waals surface area contributed by atoms with Gasteiger partial charge in [0.15, 0.2) is 0 Å². The summed E-state index contributed by atoms with van der Waals surface area (Å²) in [6.07, 6.45) is 1.81. The zero-order valence-corrected chi connectivity index (χ0v) is 18.4. The first-order valence-corrected chi connectivity index (χ1v) is 10.8. The number of piperidine rings is 1. The van der Waals surface area contributed by atoms with Gasteiger partial charge in [0.25, 0.3) is 5.91 Å². The van der Waals surface area contributed by atoms with Crippen molar-refractivity contribution in [2.75, 3.05) is 13.1 Å². The Kier molecular flexibility index (Phi) is 6.18. The van der Waals surface area contributed by atoms with Crippen LogP contribution in [0.2, 0.25) is 5.02 Å². The van der Waals surface area contributed by atoms with Crippen molar-refractivity contribution in [1.29, 1.82) is 0 Å². The largest absolute Gasteiger partial charge is 0.353 e. The summed E-state index contributed by atoms with van der Waals surface area (Å²) in [5.41, 5.74) is 4.84. The lowest BCUT2D eigenvalue weighted by Crippen LogP contribution is -2.46. The molecule has 0 aliphatic carbocycles. The van der Waals surface area contributed by atoms with E-state index in [-0.39, 0.29) is 17.9 Å². The molecule has 1 aliphatic heterocycles. The Morgan fingerprint density at radius 2 is 1.65 bits per heavy atom. The van der Waals surface area contributed by atoms with E-state index in [2.05, 4.69) is 15.3 Å². The van der Waals surface area contributed by atoms with Gasteiger partial charge in [-0.3, -0.25) is 9.59 Å². The lowest BCUT2D eigenvalue weighted by molar-refractivity contribution is -0.121. The fourth-order valence-corrected chi connectivity index (χ4v) is 3.97. The van der Waals surface area contributed by atoms with Gasteiger partial charge in [-0.25, -0.2) is 9.97 Å². The molecule has 1 aromatic heterocycles. The predicted octanol–water partition coefficient (Wildman–Crippen LogP) is 3.86. The summed E-state index contributed by atoms with van der Waals surface area (Å²) in [5, 5.41) is 3.75. The molecule has 0 radical (unpaired) electrons. The number of nitrogens with one attached hydrogen (secondary N) is 1. The Morgan fingerprint density at radius 3 is 2.32 bits per heavy atom. The second-order valence-corrected chi connectivity index (χ2v) is 8.47. The van der Waals surface area contributed by atoms with Crippen LogP contribution in [0.15, 0.2) is 42.5 Å². The number of carbonyl (C=O) groups is 2. The molecule has 2 aromatic carbocycles. The van der Waals surface area contributed by atoms with Crippen LogP contribution < -0.4 is 5.32 Å². The molecule has 0 unspecified atom stereocenters. The predicted molar refractivity (Wildman–Crippen MR) is 121 cm³/mol. The van der Waals surface area contributed by atoms with Crippen LogP contribution in [0, 0.1) is 13.8 Å². The minimum atomic E-state index is -0.00846. The molecular formula is C24H25ClN4O2. The van der Waals surface area contributed by atoms with Crippen molar-refractivity contribution in [3.63, 3.8) is 0 Å². The second kappa shape index (κ2) is 9.02. The fourth-order valence-electron chi connectivity index (χ4n) is 3.84. The highest BCUT2D eigenvalue weighted by Gasteiger charge is 2.25. The molecule has 0 bridgehead atoms. The molecule has 31 heavy (non-hydrogen) atoms. The Labute approximate surface area is 186 Å². The van der Waals surface area contributed by atoms with Gasteiger partial charge in [0, 0.05) is 29.7 Å². The van der Waals surface area contributed by atoms with Gasteiger partial charge in [0.1, 0.15) is 0 Å². The first-order valence-electron chi connectivity index (χ1n) is 10.5. The van der Waals surface area contributed by atoms with Gasteiger partial charge in [-0.05, 0) is 62.6 Å². The van der Waals surface area contributed by atoms with Crippen LogP contribution in [-0.4, -0.2) is 45.8 Å². The number of benzene rings is 2. The number of aryl methyl sites for hydroxylation is 2. The van der Waals surface area contributed by atoms with Crippen molar-refractivity contribution in [3.8, 4) is 0 Å². The molecule has 0 spiro atoms. The average Bonchev–Trinajstić information content (AvgIpc) is 2.76. The molecule has 160 valence electrons. The van der Waals surface area contributed by atoms with Crippen LogP contribution in [0.3, 0.4) is 0 Å². The monoisotopic (exact) mass is 436 g/mol. The van der Waals surface area contributed by atoms with Gasteiger partial charge < -0.3 is 10.2 Å². The van der Waals surface area contributed by atoms with Crippen LogP contribution in [0.25, 0.3) is 11.0 Å². The van der Waals surface area contributed by atoms with E-state index in [1.54, 1.807) is 12.1 Å². The third-order valence-electron chi connectivity index (χ3n) is 5.75. The third kappa shape index (κ3) is 5.02. The molecule has 1 N–H and O–H groups in total. The van der Waals surface area contributed by atoms with Crippen LogP contribution in [0.5, 0.6) is 0 Å². The summed E-state index contributed by atoms with van der Waals surface area (Å²) in [5.74, 6) is -0.0151. The highest BCUT2D eigenvalue weighted by molar-refractivity contribution is 6.30. The summed E-state index contributed by atoms with van der Waals surface area (Å²) in [4.78, 5) is 36.2. The van der Waals surface area contributed by atoms with E-state index in [1.807, 2.05) is 49.1 Å². The first kappa shape index (κ1) is 21.2. The molecule has 2 amide bonds. The molecule has 1 aliphatic rings. The van der Waals surface area contributed by atoms with Crippen LogP contribution in [0.4, 0.5) is 0 Å². The van der Waals surface area contributed by atoms with Crippen molar-refractivity contribution in [1.82, 2.24) is 20.2 Å². The molecule has 6 nitrogen and oxygen atoms in total. The maximum atomic E-state index is 13.0. The Hall–Kier alpha value is -2.99. The van der Waals surface area contributed by atoms with Gasteiger partial charge in [-0.2, -0.15) is 0 Å². The van der Waals surface area contributed by atoms with Gasteiger partial charge in [-0.1, -0.05) is 23.7 Å². The van der Waals surface area contributed by atoms with E-state index in [0.717, 1.165) is 40.8 Å². The van der Waals surface area contributed by atoms with E-state index in [0.29, 0.717) is 30.1 Å². The van der Waals surface area contributed by atoms with Gasteiger partial charge in [0.2, 0.25) is 5.91 Å². The SMILES string of the molecule is Cc1nc2ccc(C(=O)N3CCC(NC(=O)Cc4ccc(Cl)cc4)CC3)cc2nc1C. The minimum absolute atomic E-state index is 0.00660. The molecule has 1 fully saturated rings. The highest BCUT2D eigenvalue weighted by Crippen LogP contribution is 2.19. The molecular weight excluding hydrogens is 412 g/mol. The highest BCUT2D eigenvalue weighted by atomic mass is 35.5. The summed E-state index contributed by atoms with van der Waals surface area (Å²) >= 11 is 5.89. The average molecular weight is 437 g/mol.